The van der Waals surface area contributed by atoms with Gasteiger partial charge in [0.15, 0.2) is 5.78 Å². The van der Waals surface area contributed by atoms with Gasteiger partial charge in [0.25, 0.3) is 0 Å². The van der Waals surface area contributed by atoms with Gasteiger partial charge in [0, 0.05) is 5.92 Å². The standard InChI is InChI=1S/C22H35FO2/c1-4-6-7-8-11-17(3)22(25)20-15-14-18(16-21(20)23)12-9-13-19(24)10-5-2/h14-17,19,24H,4-13H2,1-3H3. The summed E-state index contributed by atoms with van der Waals surface area (Å²) in [6.07, 6.45) is 9.21. The van der Waals surface area contributed by atoms with E-state index >= 15 is 0 Å². The molecule has 0 spiro atoms. The maximum absolute atomic E-state index is 14.3. The molecule has 142 valence electrons. The molecule has 3 heteroatoms. The maximum atomic E-state index is 14.3. The number of halogens is 1. The van der Waals surface area contributed by atoms with Crippen LogP contribution in [0, 0.1) is 11.7 Å². The van der Waals surface area contributed by atoms with Crippen molar-refractivity contribution >= 4 is 5.78 Å². The topological polar surface area (TPSA) is 37.3 Å². The van der Waals surface area contributed by atoms with E-state index < -0.39 is 5.82 Å². The summed E-state index contributed by atoms with van der Waals surface area (Å²) in [6.45, 7) is 6.12. The number of carbonyl (C=O) groups excluding carboxylic acids is 1. The number of aryl methyl sites for hydroxylation is 1. The molecule has 0 aliphatic rings. The Kier molecular flexibility index (Phi) is 10.6. The quantitative estimate of drug-likeness (QED) is 0.345. The van der Waals surface area contributed by atoms with Crippen molar-refractivity contribution in [2.24, 2.45) is 5.92 Å². The van der Waals surface area contributed by atoms with Crippen LogP contribution in [0.4, 0.5) is 4.39 Å². The Balaban J connectivity index is 2.52. The number of unbranched alkanes of at least 4 members (excludes halogenated alkanes) is 3. The average Bonchev–Trinajstić information content (AvgIpc) is 2.58. The second-order valence-electron chi connectivity index (χ2n) is 7.26. The largest absolute Gasteiger partial charge is 0.393 e. The van der Waals surface area contributed by atoms with E-state index in [0.717, 1.165) is 56.9 Å². The van der Waals surface area contributed by atoms with Crippen LogP contribution in [0.15, 0.2) is 18.2 Å². The molecule has 1 aromatic rings. The van der Waals surface area contributed by atoms with Crippen molar-refractivity contribution in [2.45, 2.75) is 91.1 Å². The van der Waals surface area contributed by atoms with Crippen molar-refractivity contribution in [3.8, 4) is 0 Å². The highest BCUT2D eigenvalue weighted by atomic mass is 19.1. The molecule has 0 bridgehead atoms. The Morgan fingerprint density at radius 1 is 1.04 bits per heavy atom. The Hall–Kier alpha value is -1.22. The molecule has 2 atom stereocenters. The van der Waals surface area contributed by atoms with Crippen LogP contribution in [0.5, 0.6) is 0 Å². The van der Waals surface area contributed by atoms with Crippen LogP contribution in [0.3, 0.4) is 0 Å². The van der Waals surface area contributed by atoms with Gasteiger partial charge in [-0.1, -0.05) is 58.9 Å². The van der Waals surface area contributed by atoms with Crippen molar-refractivity contribution in [3.63, 3.8) is 0 Å². The van der Waals surface area contributed by atoms with Crippen molar-refractivity contribution in [2.75, 3.05) is 0 Å². The zero-order valence-electron chi connectivity index (χ0n) is 16.2. The van der Waals surface area contributed by atoms with Crippen LogP contribution in [0.25, 0.3) is 0 Å². The molecule has 0 fully saturated rings. The van der Waals surface area contributed by atoms with E-state index in [9.17, 15) is 14.3 Å². The summed E-state index contributed by atoms with van der Waals surface area (Å²) in [4.78, 5) is 12.4. The van der Waals surface area contributed by atoms with E-state index in [-0.39, 0.29) is 23.4 Å². The maximum Gasteiger partial charge on any atom is 0.168 e. The number of Topliss-reactive ketones (excluding diaryl/α,β-unsaturated/α-hetero) is 1. The lowest BCUT2D eigenvalue weighted by Crippen LogP contribution is -2.13. The van der Waals surface area contributed by atoms with Crippen LogP contribution in [-0.4, -0.2) is 17.0 Å². The zero-order valence-corrected chi connectivity index (χ0v) is 16.2. The van der Waals surface area contributed by atoms with Crippen LogP contribution >= 0.6 is 0 Å². The van der Waals surface area contributed by atoms with E-state index in [1.807, 2.05) is 13.0 Å². The first-order valence-corrected chi connectivity index (χ1v) is 10.00. The summed E-state index contributed by atoms with van der Waals surface area (Å²) in [5, 5.41) is 9.75. The highest BCUT2D eigenvalue weighted by Crippen LogP contribution is 2.20. The lowest BCUT2D eigenvalue weighted by atomic mass is 9.92. The summed E-state index contributed by atoms with van der Waals surface area (Å²) < 4.78 is 14.3. The SMILES string of the molecule is CCCCCCC(C)C(=O)c1ccc(CCCC(O)CCC)cc1F. The van der Waals surface area contributed by atoms with Gasteiger partial charge >= 0.3 is 0 Å². The lowest BCUT2D eigenvalue weighted by Gasteiger charge is -2.12. The molecule has 25 heavy (non-hydrogen) atoms. The molecular weight excluding hydrogens is 315 g/mol. The van der Waals surface area contributed by atoms with Crippen molar-refractivity contribution in [1.82, 2.24) is 0 Å². The number of aliphatic hydroxyl groups is 1. The highest BCUT2D eigenvalue weighted by molar-refractivity contribution is 5.97. The molecular formula is C22H35FO2. The second-order valence-corrected chi connectivity index (χ2v) is 7.26. The number of carbonyl (C=O) groups is 1. The summed E-state index contributed by atoms with van der Waals surface area (Å²) in [6, 6.07) is 4.98. The molecule has 0 saturated carbocycles. The molecule has 0 aliphatic heterocycles. The Morgan fingerprint density at radius 3 is 2.44 bits per heavy atom. The fraction of sp³-hybridized carbons (Fsp3) is 0.682. The van der Waals surface area contributed by atoms with Gasteiger partial charge in [-0.05, 0) is 49.8 Å². The van der Waals surface area contributed by atoms with Gasteiger partial charge in [-0.15, -0.1) is 0 Å². The zero-order chi connectivity index (χ0) is 18.7. The predicted molar refractivity (Wildman–Crippen MR) is 103 cm³/mol. The number of aliphatic hydroxyl groups excluding tert-OH is 1. The first-order chi connectivity index (χ1) is 12.0. The third-order valence-electron chi connectivity index (χ3n) is 4.86. The lowest BCUT2D eigenvalue weighted by molar-refractivity contribution is 0.0918. The smallest absolute Gasteiger partial charge is 0.168 e. The molecule has 0 aromatic heterocycles. The van der Waals surface area contributed by atoms with Crippen LogP contribution < -0.4 is 0 Å². The van der Waals surface area contributed by atoms with Gasteiger partial charge in [-0.3, -0.25) is 4.79 Å². The van der Waals surface area contributed by atoms with E-state index in [0.29, 0.717) is 0 Å². The molecule has 0 aliphatic carbocycles. The Morgan fingerprint density at radius 2 is 1.80 bits per heavy atom. The fourth-order valence-corrected chi connectivity index (χ4v) is 3.21. The predicted octanol–water partition coefficient (Wildman–Crippen LogP) is 6.10. The van der Waals surface area contributed by atoms with E-state index in [4.69, 9.17) is 0 Å². The van der Waals surface area contributed by atoms with Gasteiger partial charge < -0.3 is 5.11 Å². The first-order valence-electron chi connectivity index (χ1n) is 10.00. The summed E-state index contributed by atoms with van der Waals surface area (Å²) >= 11 is 0. The number of hydrogen-bond donors (Lipinski definition) is 1. The second kappa shape index (κ2) is 12.2. The number of hydrogen-bond acceptors (Lipinski definition) is 2. The molecule has 1 rings (SSSR count). The average molecular weight is 351 g/mol. The minimum atomic E-state index is -0.406. The minimum absolute atomic E-state index is 0.0843. The monoisotopic (exact) mass is 350 g/mol. The molecule has 2 unspecified atom stereocenters. The summed E-state index contributed by atoms with van der Waals surface area (Å²) in [7, 11) is 0. The van der Waals surface area contributed by atoms with Gasteiger partial charge in [0.05, 0.1) is 11.7 Å². The Labute approximate surface area is 152 Å². The third kappa shape index (κ3) is 8.13. The van der Waals surface area contributed by atoms with E-state index in [1.165, 1.54) is 18.9 Å². The summed E-state index contributed by atoms with van der Waals surface area (Å²) in [5.41, 5.74) is 1.12. The number of ketones is 1. The van der Waals surface area contributed by atoms with Gasteiger partial charge in [-0.25, -0.2) is 4.39 Å². The number of benzene rings is 1. The molecule has 0 heterocycles. The summed E-state index contributed by atoms with van der Waals surface area (Å²) in [5.74, 6) is -0.614. The van der Waals surface area contributed by atoms with Crippen molar-refractivity contribution in [3.05, 3.63) is 35.1 Å². The molecule has 0 radical (unpaired) electrons. The van der Waals surface area contributed by atoms with Crippen LogP contribution in [0.1, 0.15) is 94.5 Å². The molecule has 2 nitrogen and oxygen atoms in total. The molecule has 1 N–H and O–H groups in total. The van der Waals surface area contributed by atoms with Crippen LogP contribution in [0.2, 0.25) is 0 Å². The van der Waals surface area contributed by atoms with E-state index in [1.54, 1.807) is 6.07 Å². The third-order valence-corrected chi connectivity index (χ3v) is 4.86. The first kappa shape index (κ1) is 21.8. The minimum Gasteiger partial charge on any atom is -0.393 e. The Bertz CT molecular complexity index is 513. The van der Waals surface area contributed by atoms with E-state index in [2.05, 4.69) is 13.8 Å². The fourth-order valence-electron chi connectivity index (χ4n) is 3.21. The molecule has 0 amide bonds. The van der Waals surface area contributed by atoms with Gasteiger partial charge in [0.2, 0.25) is 0 Å². The van der Waals surface area contributed by atoms with Crippen molar-refractivity contribution in [1.29, 1.82) is 0 Å². The number of rotatable bonds is 13. The van der Waals surface area contributed by atoms with Gasteiger partial charge in [0.1, 0.15) is 5.82 Å². The molecule has 0 saturated heterocycles. The van der Waals surface area contributed by atoms with Gasteiger partial charge in [-0.2, -0.15) is 0 Å². The van der Waals surface area contributed by atoms with Crippen molar-refractivity contribution < 1.29 is 14.3 Å². The normalized spacial score (nSPS) is 13.6. The molecule has 1 aromatic carbocycles. The van der Waals surface area contributed by atoms with Crippen LogP contribution in [-0.2, 0) is 6.42 Å². The highest BCUT2D eigenvalue weighted by Gasteiger charge is 2.18.